The quantitative estimate of drug-likeness (QED) is 0.358. The van der Waals surface area contributed by atoms with Crippen molar-refractivity contribution in [3.8, 4) is 0 Å². The van der Waals surface area contributed by atoms with Gasteiger partial charge in [0.2, 0.25) is 0 Å². The van der Waals surface area contributed by atoms with Crippen molar-refractivity contribution in [1.82, 2.24) is 0 Å². The van der Waals surface area contributed by atoms with E-state index in [1.165, 1.54) is 0 Å². The van der Waals surface area contributed by atoms with Crippen molar-refractivity contribution >= 4 is 114 Å². The Bertz CT molecular complexity index is 263. The van der Waals surface area contributed by atoms with Gasteiger partial charge in [0.25, 0.3) is 0 Å². The van der Waals surface area contributed by atoms with Crippen molar-refractivity contribution in [2.24, 2.45) is 0 Å². The number of hydrogen-bond donors (Lipinski definition) is 4. The minimum Gasteiger partial charge on any atom is -1.00 e. The molecule has 16 heavy (non-hydrogen) atoms. The molecule has 4 N–H and O–H groups in total. The summed E-state index contributed by atoms with van der Waals surface area (Å²) in [6.07, 6.45) is -2.14. The summed E-state index contributed by atoms with van der Waals surface area (Å²) in [5, 5.41) is 0. The Balaban J connectivity index is -0.00000000917. The van der Waals surface area contributed by atoms with E-state index in [2.05, 4.69) is 9.05 Å². The van der Waals surface area contributed by atoms with Crippen LogP contribution in [0.2, 0.25) is 0 Å². The van der Waals surface area contributed by atoms with Gasteiger partial charge in [0.1, 0.15) is 0 Å². The van der Waals surface area contributed by atoms with Crippen LogP contribution in [0.4, 0.5) is 4.79 Å². The average molecular weight is 327 g/mol. The standard InChI is InChI=1S/CH4O9P2.4Mg.8H/c2-1(9-11(3,4)5)10-12(6,7)8;;;;;;;;;;;;/h(H2,3,4,5)(H2,6,7,8);;;;;;;;;;;;/q;4*+2;8*-1. The van der Waals surface area contributed by atoms with Gasteiger partial charge in [-0.25, -0.2) is 13.9 Å². The third-order valence-corrected chi connectivity index (χ3v) is 1.16. The summed E-state index contributed by atoms with van der Waals surface area (Å²) in [7, 11) is -10.3. The van der Waals surface area contributed by atoms with Gasteiger partial charge < -0.3 is 20.5 Å². The van der Waals surface area contributed by atoms with Gasteiger partial charge in [-0.15, -0.1) is 0 Å². The Morgan fingerprint density at radius 1 is 0.812 bits per heavy atom. The Morgan fingerprint density at radius 3 is 1.12 bits per heavy atom. The number of carbonyl (C=O) groups is 1. The first-order valence-corrected chi connectivity index (χ1v) is 5.20. The normalized spacial score (nSPS) is 9.25. The molecule has 0 aromatic carbocycles. The van der Waals surface area contributed by atoms with Crippen LogP contribution in [0.5, 0.6) is 0 Å². The fourth-order valence-electron chi connectivity index (χ4n) is 0.211. The first-order valence-electron chi connectivity index (χ1n) is 2.14. The van der Waals surface area contributed by atoms with Crippen molar-refractivity contribution in [2.75, 3.05) is 0 Å². The van der Waals surface area contributed by atoms with Gasteiger partial charge >= 0.3 is 114 Å². The molecule has 0 unspecified atom stereocenters. The Labute approximate surface area is 166 Å². The van der Waals surface area contributed by atoms with Crippen LogP contribution in [0.3, 0.4) is 0 Å². The van der Waals surface area contributed by atoms with E-state index in [0.717, 1.165) is 0 Å². The van der Waals surface area contributed by atoms with Gasteiger partial charge in [-0.3, -0.25) is 19.6 Å². The molecule has 0 heterocycles. The monoisotopic (exact) mass is 326 g/mol. The summed E-state index contributed by atoms with van der Waals surface area (Å²) < 4.78 is 25.9. The molecule has 0 aromatic heterocycles. The molecule has 0 amide bonds. The molecule has 0 radical (unpaired) electrons. The number of hydrogen-bond acceptors (Lipinski definition) is 5. The van der Waals surface area contributed by atoms with E-state index in [4.69, 9.17) is 19.6 Å². The summed E-state index contributed by atoms with van der Waals surface area (Å²) in [5.74, 6) is 0. The molecule has 0 bridgehead atoms. The van der Waals surface area contributed by atoms with Crippen molar-refractivity contribution in [3.63, 3.8) is 0 Å². The molecular weight excluding hydrogens is 315 g/mol. The molecule has 0 aliphatic rings. The molecule has 0 spiro atoms. The van der Waals surface area contributed by atoms with E-state index in [1.807, 2.05) is 0 Å². The molecule has 0 aliphatic heterocycles. The number of carbonyl (C=O) groups excluding carboxylic acids is 1. The fourth-order valence-corrected chi connectivity index (χ4v) is 0.733. The molecule has 0 aromatic rings. The molecular formula is CH12Mg4O9P2. The summed E-state index contributed by atoms with van der Waals surface area (Å²) in [5.41, 5.74) is 0. The summed E-state index contributed by atoms with van der Waals surface area (Å²) in [6.45, 7) is 0. The van der Waals surface area contributed by atoms with Crippen LogP contribution in [0.15, 0.2) is 0 Å². The predicted octanol–water partition coefficient (Wildman–Crippen LogP) is -1.30. The summed E-state index contributed by atoms with van der Waals surface area (Å²) >= 11 is 0. The molecule has 15 heteroatoms. The van der Waals surface area contributed by atoms with Gasteiger partial charge in [-0.2, -0.15) is 0 Å². The molecule has 0 atom stereocenters. The van der Waals surface area contributed by atoms with E-state index in [1.54, 1.807) is 0 Å². The van der Waals surface area contributed by atoms with Crippen molar-refractivity contribution in [1.29, 1.82) is 0 Å². The Hall–Kier alpha value is 2.63. The van der Waals surface area contributed by atoms with Crippen LogP contribution in [-0.2, 0) is 18.2 Å². The summed E-state index contributed by atoms with van der Waals surface area (Å²) in [4.78, 5) is 41.7. The third kappa shape index (κ3) is 25.5. The second-order valence-corrected chi connectivity index (χ2v) is 3.74. The zero-order chi connectivity index (χ0) is 9.99. The maximum absolute atomic E-state index is 10.0. The predicted molar refractivity (Wildman–Crippen MR) is 63.6 cm³/mol. The van der Waals surface area contributed by atoms with Crippen LogP contribution in [0.25, 0.3) is 0 Å². The summed E-state index contributed by atoms with van der Waals surface area (Å²) in [6, 6.07) is 0. The Kier molecular flexibility index (Phi) is 24.7. The van der Waals surface area contributed by atoms with Gasteiger partial charge in [0, 0.05) is 0 Å². The van der Waals surface area contributed by atoms with Crippen LogP contribution < -0.4 is 0 Å². The molecule has 0 rings (SSSR count). The van der Waals surface area contributed by atoms with Crippen LogP contribution in [-0.4, -0.2) is 118 Å². The molecule has 0 fully saturated rings. The van der Waals surface area contributed by atoms with Gasteiger partial charge in [-0.1, -0.05) is 0 Å². The maximum Gasteiger partial charge on any atom is 2.00 e. The smallest absolute Gasteiger partial charge is 1.00 e. The minimum atomic E-state index is -5.13. The number of phosphoric acid groups is 2. The van der Waals surface area contributed by atoms with Gasteiger partial charge in [0.15, 0.2) is 0 Å². The second-order valence-electron chi connectivity index (χ2n) is 1.41. The number of rotatable bonds is 2. The van der Waals surface area contributed by atoms with Crippen molar-refractivity contribution in [2.45, 2.75) is 0 Å². The van der Waals surface area contributed by atoms with Crippen molar-refractivity contribution < 1.29 is 54.0 Å². The maximum atomic E-state index is 10.0. The van der Waals surface area contributed by atoms with Crippen molar-refractivity contribution in [3.05, 3.63) is 0 Å². The van der Waals surface area contributed by atoms with E-state index >= 15 is 0 Å². The van der Waals surface area contributed by atoms with Crippen LogP contribution in [0, 0.1) is 0 Å². The molecule has 9 nitrogen and oxygen atoms in total. The van der Waals surface area contributed by atoms with E-state index in [9.17, 15) is 13.9 Å². The fraction of sp³-hybridized carbons (Fsp3) is 0. The first-order chi connectivity index (χ1) is 5.10. The molecule has 0 saturated carbocycles. The van der Waals surface area contributed by atoms with E-state index < -0.39 is 21.8 Å². The van der Waals surface area contributed by atoms with Gasteiger partial charge in [0.05, 0.1) is 0 Å². The average Bonchev–Trinajstić information content (AvgIpc) is 1.49. The van der Waals surface area contributed by atoms with Crippen LogP contribution in [0.1, 0.15) is 11.4 Å². The molecule has 0 aliphatic carbocycles. The Morgan fingerprint density at radius 2 is 1.00 bits per heavy atom. The second kappa shape index (κ2) is 12.7. The minimum absolute atomic E-state index is 0. The van der Waals surface area contributed by atoms with E-state index in [0.29, 0.717) is 0 Å². The molecule has 88 valence electrons. The SMILES string of the molecule is O=C(OP(=O)(O)O)OP(=O)(O)O.[H-].[H-].[H-].[H-].[H-].[H-].[H-].[H-].[Mg+2].[Mg+2].[Mg+2].[Mg+2]. The van der Waals surface area contributed by atoms with Crippen LogP contribution >= 0.6 is 15.6 Å². The number of phosphoric ester groups is 2. The topological polar surface area (TPSA) is 151 Å². The zero-order valence-electron chi connectivity index (χ0n) is 16.1. The molecule has 0 saturated heterocycles. The largest absolute Gasteiger partial charge is 2.00 e. The van der Waals surface area contributed by atoms with Gasteiger partial charge in [-0.05, 0) is 0 Å². The third-order valence-electron chi connectivity index (χ3n) is 0.387. The van der Waals surface area contributed by atoms with E-state index in [-0.39, 0.29) is 104 Å². The zero-order valence-corrected chi connectivity index (χ0v) is 15.5. The first kappa shape index (κ1) is 31.2.